The first-order valence-corrected chi connectivity index (χ1v) is 8.64. The maximum Gasteiger partial charge on any atom is 0.226 e. The zero-order valence-corrected chi connectivity index (χ0v) is 13.2. The minimum atomic E-state index is 0.361. The van der Waals surface area contributed by atoms with Crippen LogP contribution >= 0.6 is 0 Å². The second-order valence-corrected chi connectivity index (χ2v) is 7.40. The lowest BCUT2D eigenvalue weighted by Gasteiger charge is -2.41. The molecule has 2 aliphatic heterocycles. The molecule has 1 atom stereocenters. The quantitative estimate of drug-likeness (QED) is 0.861. The molecular formula is C17H30N2O. The summed E-state index contributed by atoms with van der Waals surface area (Å²) in [5, 5.41) is 3.42. The largest absolute Gasteiger partial charge is 0.342 e. The van der Waals surface area contributed by atoms with Gasteiger partial charge in [0, 0.05) is 19.0 Å². The molecular weight excluding hydrogens is 248 g/mol. The van der Waals surface area contributed by atoms with Crippen LogP contribution < -0.4 is 5.32 Å². The minimum Gasteiger partial charge on any atom is -0.342 e. The molecule has 3 heteroatoms. The van der Waals surface area contributed by atoms with Gasteiger partial charge < -0.3 is 10.2 Å². The molecule has 3 fully saturated rings. The van der Waals surface area contributed by atoms with Gasteiger partial charge in [-0.1, -0.05) is 26.7 Å². The predicted octanol–water partition coefficient (Wildman–Crippen LogP) is 2.80. The number of carbonyl (C=O) groups excluding carboxylic acids is 1. The van der Waals surface area contributed by atoms with Crippen molar-refractivity contribution in [3.63, 3.8) is 0 Å². The van der Waals surface area contributed by atoms with E-state index in [-0.39, 0.29) is 0 Å². The molecule has 1 spiro atoms. The van der Waals surface area contributed by atoms with E-state index >= 15 is 0 Å². The van der Waals surface area contributed by atoms with Gasteiger partial charge >= 0.3 is 0 Å². The normalized spacial score (nSPS) is 31.3. The summed E-state index contributed by atoms with van der Waals surface area (Å²) in [6.07, 6.45) is 8.56. The van der Waals surface area contributed by atoms with Gasteiger partial charge in [-0.2, -0.15) is 0 Å². The number of hydrogen-bond donors (Lipinski definition) is 1. The van der Waals surface area contributed by atoms with Crippen LogP contribution in [0, 0.1) is 16.7 Å². The van der Waals surface area contributed by atoms with E-state index in [1.807, 2.05) is 0 Å². The van der Waals surface area contributed by atoms with Crippen molar-refractivity contribution in [3.8, 4) is 0 Å². The van der Waals surface area contributed by atoms with E-state index in [0.29, 0.717) is 22.7 Å². The molecule has 0 radical (unpaired) electrons. The molecule has 1 aliphatic carbocycles. The molecule has 0 aromatic rings. The number of hydrogen-bond acceptors (Lipinski definition) is 2. The number of amides is 1. The summed E-state index contributed by atoms with van der Waals surface area (Å²) in [6, 6.07) is 0. The predicted molar refractivity (Wildman–Crippen MR) is 81.5 cm³/mol. The zero-order valence-electron chi connectivity index (χ0n) is 13.2. The van der Waals surface area contributed by atoms with E-state index in [4.69, 9.17) is 0 Å². The van der Waals surface area contributed by atoms with Crippen LogP contribution in [0.2, 0.25) is 0 Å². The molecule has 20 heavy (non-hydrogen) atoms. The second-order valence-electron chi connectivity index (χ2n) is 7.40. The third-order valence-electron chi connectivity index (χ3n) is 6.72. The fraction of sp³-hybridized carbons (Fsp3) is 0.941. The van der Waals surface area contributed by atoms with Crippen molar-refractivity contribution >= 4 is 5.91 Å². The van der Waals surface area contributed by atoms with Gasteiger partial charge in [-0.05, 0) is 56.0 Å². The Labute approximate surface area is 123 Å². The summed E-state index contributed by atoms with van der Waals surface area (Å²) in [7, 11) is 0. The Balaban J connectivity index is 1.55. The molecule has 1 unspecified atom stereocenters. The number of piperidine rings is 2. The van der Waals surface area contributed by atoms with Crippen molar-refractivity contribution in [2.75, 3.05) is 26.2 Å². The average Bonchev–Trinajstić information content (AvgIpc) is 3.20. The first kappa shape index (κ1) is 14.4. The lowest BCUT2D eigenvalue weighted by Crippen LogP contribution is -2.44. The molecule has 1 N–H and O–H groups in total. The molecule has 0 aromatic carbocycles. The van der Waals surface area contributed by atoms with E-state index in [0.717, 1.165) is 32.6 Å². The van der Waals surface area contributed by atoms with Crippen LogP contribution in [0.1, 0.15) is 58.8 Å². The van der Waals surface area contributed by atoms with Crippen molar-refractivity contribution in [3.05, 3.63) is 0 Å². The van der Waals surface area contributed by atoms with Crippen LogP contribution in [0.25, 0.3) is 0 Å². The third kappa shape index (κ3) is 2.38. The van der Waals surface area contributed by atoms with Crippen LogP contribution in [0.4, 0.5) is 0 Å². The Bertz CT molecular complexity index is 359. The number of likely N-dealkylation sites (tertiary alicyclic amines) is 1. The first-order chi connectivity index (χ1) is 9.65. The highest BCUT2D eigenvalue weighted by Gasteiger charge is 2.58. The van der Waals surface area contributed by atoms with Gasteiger partial charge in [-0.25, -0.2) is 0 Å². The second kappa shape index (κ2) is 5.32. The molecule has 2 saturated heterocycles. The lowest BCUT2D eigenvalue weighted by molar-refractivity contribution is -0.136. The van der Waals surface area contributed by atoms with Gasteiger partial charge in [0.2, 0.25) is 5.91 Å². The Morgan fingerprint density at radius 3 is 2.25 bits per heavy atom. The maximum atomic E-state index is 12.7. The van der Waals surface area contributed by atoms with Gasteiger partial charge in [0.25, 0.3) is 0 Å². The molecule has 2 heterocycles. The lowest BCUT2D eigenvalue weighted by atomic mass is 9.74. The van der Waals surface area contributed by atoms with Gasteiger partial charge in [0.15, 0.2) is 0 Å². The molecule has 1 amide bonds. The van der Waals surface area contributed by atoms with Gasteiger partial charge in [0.05, 0.1) is 0 Å². The van der Waals surface area contributed by atoms with Gasteiger partial charge in [-0.15, -0.1) is 0 Å². The van der Waals surface area contributed by atoms with E-state index < -0.39 is 0 Å². The van der Waals surface area contributed by atoms with Crippen LogP contribution in [0.5, 0.6) is 0 Å². The summed E-state index contributed by atoms with van der Waals surface area (Å²) in [4.78, 5) is 14.9. The topological polar surface area (TPSA) is 32.3 Å². The molecule has 0 bridgehead atoms. The smallest absolute Gasteiger partial charge is 0.226 e. The van der Waals surface area contributed by atoms with Gasteiger partial charge in [0.1, 0.15) is 0 Å². The van der Waals surface area contributed by atoms with Crippen molar-refractivity contribution in [1.82, 2.24) is 10.2 Å². The summed E-state index contributed by atoms with van der Waals surface area (Å²) in [6.45, 7) is 8.85. The van der Waals surface area contributed by atoms with Crippen molar-refractivity contribution < 1.29 is 4.79 Å². The average molecular weight is 278 g/mol. The number of carbonyl (C=O) groups is 1. The Hall–Kier alpha value is -0.570. The fourth-order valence-corrected chi connectivity index (χ4v) is 4.55. The van der Waals surface area contributed by atoms with Gasteiger partial charge in [-0.3, -0.25) is 4.79 Å². The molecule has 0 aromatic heterocycles. The highest BCUT2D eigenvalue weighted by Crippen LogP contribution is 2.59. The Kier molecular flexibility index (Phi) is 3.83. The number of nitrogens with one attached hydrogen (secondary N) is 1. The summed E-state index contributed by atoms with van der Waals surface area (Å²) >= 11 is 0. The Morgan fingerprint density at radius 2 is 1.70 bits per heavy atom. The van der Waals surface area contributed by atoms with E-state index in [2.05, 4.69) is 24.1 Å². The maximum absolute atomic E-state index is 12.7. The molecule has 3 aliphatic rings. The first-order valence-electron chi connectivity index (χ1n) is 8.64. The molecule has 114 valence electrons. The van der Waals surface area contributed by atoms with Crippen molar-refractivity contribution in [2.24, 2.45) is 16.7 Å². The molecule has 3 nitrogen and oxygen atoms in total. The van der Waals surface area contributed by atoms with Crippen molar-refractivity contribution in [2.45, 2.75) is 58.8 Å². The SMILES string of the molecule is CCC1(CC)CCN(C(=O)C2CC23CCNCC3)CC1. The molecule has 3 rings (SSSR count). The number of rotatable bonds is 3. The summed E-state index contributed by atoms with van der Waals surface area (Å²) in [5.41, 5.74) is 0.916. The van der Waals surface area contributed by atoms with E-state index in [1.165, 1.54) is 38.5 Å². The standard InChI is InChI=1S/C17H30N2O/c1-3-16(4-2)7-11-19(12-8-16)15(20)14-13-17(14)5-9-18-10-6-17/h14,18H,3-13H2,1-2H3. The fourth-order valence-electron chi connectivity index (χ4n) is 4.55. The number of nitrogens with zero attached hydrogens (tertiary/aromatic N) is 1. The van der Waals surface area contributed by atoms with Crippen LogP contribution in [-0.4, -0.2) is 37.0 Å². The van der Waals surface area contributed by atoms with Crippen LogP contribution in [0.15, 0.2) is 0 Å². The van der Waals surface area contributed by atoms with Crippen LogP contribution in [0.3, 0.4) is 0 Å². The van der Waals surface area contributed by atoms with E-state index in [9.17, 15) is 4.79 Å². The highest BCUT2D eigenvalue weighted by atomic mass is 16.2. The Morgan fingerprint density at radius 1 is 1.10 bits per heavy atom. The minimum absolute atomic E-state index is 0.361. The highest BCUT2D eigenvalue weighted by molar-refractivity contribution is 5.82. The molecule has 1 saturated carbocycles. The van der Waals surface area contributed by atoms with Crippen LogP contribution in [-0.2, 0) is 4.79 Å². The van der Waals surface area contributed by atoms with Crippen molar-refractivity contribution in [1.29, 1.82) is 0 Å². The zero-order chi connectivity index (χ0) is 14.2. The van der Waals surface area contributed by atoms with E-state index in [1.54, 1.807) is 0 Å². The monoisotopic (exact) mass is 278 g/mol. The third-order valence-corrected chi connectivity index (χ3v) is 6.72. The summed E-state index contributed by atoms with van der Waals surface area (Å²) in [5.74, 6) is 0.841. The summed E-state index contributed by atoms with van der Waals surface area (Å²) < 4.78 is 0.